The summed E-state index contributed by atoms with van der Waals surface area (Å²) in [7, 11) is 0. The van der Waals surface area contributed by atoms with Crippen LogP contribution in [0.2, 0.25) is 5.28 Å². The van der Waals surface area contributed by atoms with Gasteiger partial charge in [-0.3, -0.25) is 4.79 Å². The molecule has 0 aliphatic heterocycles. The van der Waals surface area contributed by atoms with Crippen molar-refractivity contribution >= 4 is 33.9 Å². The Labute approximate surface area is 121 Å². The smallest absolute Gasteiger partial charge is 0.256 e. The molecule has 0 aliphatic carbocycles. The van der Waals surface area contributed by atoms with Crippen molar-refractivity contribution in [2.45, 2.75) is 0 Å². The molecule has 0 saturated carbocycles. The minimum Gasteiger partial charge on any atom is -0.338 e. The van der Waals surface area contributed by atoms with Crippen LogP contribution in [0.15, 0.2) is 35.4 Å². The highest BCUT2D eigenvalue weighted by molar-refractivity contribution is 6.28. The fourth-order valence-corrected chi connectivity index (χ4v) is 2.01. The number of aromatic amines is 1. The Hall–Kier alpha value is -2.54. The molecule has 21 heavy (non-hydrogen) atoms. The van der Waals surface area contributed by atoms with Crippen LogP contribution < -0.4 is 10.9 Å². The molecular weight excluding hydrogens is 302 g/mol. The summed E-state index contributed by atoms with van der Waals surface area (Å²) in [5, 5.41) is 2.85. The molecule has 0 atom stereocenters. The maximum atomic E-state index is 13.7. The molecule has 0 bridgehead atoms. The molecule has 3 aromatic rings. The topological polar surface area (TPSA) is 70.7 Å². The third kappa shape index (κ3) is 2.55. The molecule has 0 saturated heterocycles. The van der Waals surface area contributed by atoms with E-state index >= 15 is 0 Å². The summed E-state index contributed by atoms with van der Waals surface area (Å²) in [6, 6.07) is 4.32. The van der Waals surface area contributed by atoms with E-state index in [1.54, 1.807) is 0 Å². The zero-order valence-corrected chi connectivity index (χ0v) is 11.1. The van der Waals surface area contributed by atoms with Crippen LogP contribution in [-0.2, 0) is 0 Å². The second-order valence-corrected chi connectivity index (χ2v) is 4.52. The van der Waals surface area contributed by atoms with Gasteiger partial charge < -0.3 is 10.3 Å². The first-order valence-electron chi connectivity index (χ1n) is 5.80. The average molecular weight is 309 g/mol. The van der Waals surface area contributed by atoms with Gasteiger partial charge in [0.15, 0.2) is 11.6 Å². The largest absolute Gasteiger partial charge is 0.338 e. The molecule has 2 N–H and O–H groups in total. The molecule has 0 unspecified atom stereocenters. The molecule has 0 aliphatic rings. The summed E-state index contributed by atoms with van der Waals surface area (Å²) in [6.45, 7) is 0. The fraction of sp³-hybridized carbons (Fsp3) is 0. The van der Waals surface area contributed by atoms with Crippen LogP contribution in [0.25, 0.3) is 10.8 Å². The Bertz CT molecular complexity index is 897. The monoisotopic (exact) mass is 308 g/mol. The van der Waals surface area contributed by atoms with Crippen molar-refractivity contribution in [3.63, 3.8) is 0 Å². The van der Waals surface area contributed by atoms with E-state index < -0.39 is 17.2 Å². The van der Waals surface area contributed by atoms with Crippen LogP contribution >= 0.6 is 11.6 Å². The van der Waals surface area contributed by atoms with Crippen LogP contribution in [0, 0.1) is 11.6 Å². The van der Waals surface area contributed by atoms with Crippen molar-refractivity contribution < 1.29 is 8.78 Å². The van der Waals surface area contributed by atoms with Crippen molar-refractivity contribution in [2.24, 2.45) is 0 Å². The van der Waals surface area contributed by atoms with E-state index in [9.17, 15) is 13.6 Å². The third-order valence-electron chi connectivity index (χ3n) is 2.83. The molecule has 0 fully saturated rings. The van der Waals surface area contributed by atoms with Gasteiger partial charge in [0.25, 0.3) is 5.56 Å². The van der Waals surface area contributed by atoms with Gasteiger partial charge in [0, 0.05) is 17.3 Å². The molecule has 106 valence electrons. The molecule has 8 heteroatoms. The quantitative estimate of drug-likeness (QED) is 0.714. The van der Waals surface area contributed by atoms with E-state index in [0.29, 0.717) is 5.69 Å². The highest BCUT2D eigenvalue weighted by atomic mass is 35.5. The average Bonchev–Trinajstić information content (AvgIpc) is 2.47. The van der Waals surface area contributed by atoms with E-state index in [2.05, 4.69) is 20.3 Å². The number of aromatic nitrogens is 3. The van der Waals surface area contributed by atoms with Gasteiger partial charge in [-0.25, -0.2) is 13.8 Å². The number of rotatable bonds is 2. The number of hydrogen-bond donors (Lipinski definition) is 2. The Morgan fingerprint density at radius 2 is 2.00 bits per heavy atom. The van der Waals surface area contributed by atoms with E-state index in [4.69, 9.17) is 11.6 Å². The lowest BCUT2D eigenvalue weighted by Gasteiger charge is -2.08. The minimum atomic E-state index is -0.703. The number of benzene rings is 1. The predicted octanol–water partition coefficient (Wildman–Crippen LogP) is 2.99. The van der Waals surface area contributed by atoms with Gasteiger partial charge in [-0.05, 0) is 29.8 Å². The first-order valence-corrected chi connectivity index (χ1v) is 6.18. The number of fused-ring (bicyclic) bond motifs is 1. The molecule has 1 aromatic carbocycles. The Morgan fingerprint density at radius 3 is 2.81 bits per heavy atom. The van der Waals surface area contributed by atoms with Gasteiger partial charge in [-0.2, -0.15) is 4.98 Å². The normalized spacial score (nSPS) is 10.8. The molecule has 0 amide bonds. The SMILES string of the molecule is O=c1[nH]cc(F)c2cc(Nc3nc(Cl)ncc3F)ccc12. The standard InChI is InChI=1S/C13H7ClF2N4O/c14-13-18-5-10(16)11(20-13)19-6-1-2-7-8(3-6)9(15)4-17-12(7)21/h1-5H,(H,17,21)(H,18,19,20). The number of pyridine rings is 1. The van der Waals surface area contributed by atoms with Crippen LogP contribution in [0.5, 0.6) is 0 Å². The van der Waals surface area contributed by atoms with E-state index in [-0.39, 0.29) is 21.9 Å². The fourth-order valence-electron chi connectivity index (χ4n) is 1.87. The second-order valence-electron chi connectivity index (χ2n) is 4.19. The van der Waals surface area contributed by atoms with Gasteiger partial charge in [0.05, 0.1) is 11.6 Å². The molecular formula is C13H7ClF2N4O. The summed E-state index contributed by atoms with van der Waals surface area (Å²) >= 11 is 5.59. The Morgan fingerprint density at radius 1 is 1.19 bits per heavy atom. The first kappa shape index (κ1) is 13.4. The van der Waals surface area contributed by atoms with E-state index in [1.165, 1.54) is 18.2 Å². The molecule has 2 heterocycles. The minimum absolute atomic E-state index is 0.115. The van der Waals surface area contributed by atoms with Crippen LogP contribution in [0.3, 0.4) is 0 Å². The van der Waals surface area contributed by atoms with Crippen LogP contribution in [0.4, 0.5) is 20.3 Å². The predicted molar refractivity (Wildman–Crippen MR) is 74.8 cm³/mol. The number of hydrogen-bond acceptors (Lipinski definition) is 4. The van der Waals surface area contributed by atoms with Gasteiger partial charge in [0.2, 0.25) is 5.28 Å². The van der Waals surface area contributed by atoms with Crippen LogP contribution in [-0.4, -0.2) is 15.0 Å². The lowest BCUT2D eigenvalue weighted by atomic mass is 10.1. The third-order valence-corrected chi connectivity index (χ3v) is 3.01. The number of anilines is 2. The zero-order chi connectivity index (χ0) is 15.0. The van der Waals surface area contributed by atoms with Crippen molar-refractivity contribution in [3.8, 4) is 0 Å². The number of halogens is 3. The van der Waals surface area contributed by atoms with E-state index in [1.807, 2.05) is 0 Å². The van der Waals surface area contributed by atoms with Crippen LogP contribution in [0.1, 0.15) is 0 Å². The maximum Gasteiger partial charge on any atom is 0.256 e. The summed E-state index contributed by atoms with van der Waals surface area (Å²) in [6.07, 6.45) is 1.89. The van der Waals surface area contributed by atoms with Gasteiger partial charge in [-0.15, -0.1) is 0 Å². The lowest BCUT2D eigenvalue weighted by molar-refractivity contribution is 0.619. The van der Waals surface area contributed by atoms with Gasteiger partial charge in [-0.1, -0.05) is 0 Å². The zero-order valence-electron chi connectivity index (χ0n) is 10.3. The van der Waals surface area contributed by atoms with Crippen molar-refractivity contribution in [1.29, 1.82) is 0 Å². The number of nitrogens with one attached hydrogen (secondary N) is 2. The van der Waals surface area contributed by atoms with Crippen molar-refractivity contribution in [2.75, 3.05) is 5.32 Å². The molecule has 5 nitrogen and oxygen atoms in total. The first-order chi connectivity index (χ1) is 10.0. The second kappa shape index (κ2) is 5.10. The summed E-state index contributed by atoms with van der Waals surface area (Å²) in [5.41, 5.74) is -0.0464. The summed E-state index contributed by atoms with van der Waals surface area (Å²) in [5.74, 6) is -1.43. The highest BCUT2D eigenvalue weighted by Gasteiger charge is 2.09. The molecule has 3 rings (SSSR count). The lowest BCUT2D eigenvalue weighted by Crippen LogP contribution is -2.07. The maximum absolute atomic E-state index is 13.7. The number of nitrogens with zero attached hydrogens (tertiary/aromatic N) is 2. The Kier molecular flexibility index (Phi) is 3.26. The van der Waals surface area contributed by atoms with Crippen molar-refractivity contribution in [3.05, 3.63) is 57.9 Å². The summed E-state index contributed by atoms with van der Waals surface area (Å²) in [4.78, 5) is 21.0. The van der Waals surface area contributed by atoms with Crippen molar-refractivity contribution in [1.82, 2.24) is 15.0 Å². The van der Waals surface area contributed by atoms with Gasteiger partial charge in [0.1, 0.15) is 5.82 Å². The van der Waals surface area contributed by atoms with Gasteiger partial charge >= 0.3 is 0 Å². The Balaban J connectivity index is 2.08. The molecule has 0 radical (unpaired) electrons. The summed E-state index contributed by atoms with van der Waals surface area (Å²) < 4.78 is 27.2. The number of H-pyrrole nitrogens is 1. The molecule has 0 spiro atoms. The highest BCUT2D eigenvalue weighted by Crippen LogP contribution is 2.23. The van der Waals surface area contributed by atoms with E-state index in [0.717, 1.165) is 12.4 Å². The molecule has 2 aromatic heterocycles.